The highest BCUT2D eigenvalue weighted by molar-refractivity contribution is 7.80. The molecule has 17 heavy (non-hydrogen) atoms. The highest BCUT2D eigenvalue weighted by Gasteiger charge is 2.33. The minimum Gasteiger partial charge on any atom is -0.469 e. The minimum absolute atomic E-state index is 0.212. The average Bonchev–Trinajstić information content (AvgIpc) is 2.27. The van der Waals surface area contributed by atoms with Crippen molar-refractivity contribution in [2.75, 3.05) is 33.4 Å². The van der Waals surface area contributed by atoms with Gasteiger partial charge in [-0.15, -0.1) is 0 Å². The Labute approximate surface area is 107 Å². The van der Waals surface area contributed by atoms with E-state index in [9.17, 15) is 4.79 Å². The van der Waals surface area contributed by atoms with Crippen molar-refractivity contribution in [2.24, 2.45) is 11.1 Å². The van der Waals surface area contributed by atoms with Crippen molar-refractivity contribution < 1.29 is 14.3 Å². The molecule has 0 spiro atoms. The maximum Gasteiger partial charge on any atom is 0.312 e. The predicted molar refractivity (Wildman–Crippen MR) is 68.8 cm³/mol. The Morgan fingerprint density at radius 3 is 2.82 bits per heavy atom. The first-order valence-electron chi connectivity index (χ1n) is 5.58. The van der Waals surface area contributed by atoms with Gasteiger partial charge in [-0.1, -0.05) is 12.2 Å². The molecule has 0 saturated carbocycles. The summed E-state index contributed by atoms with van der Waals surface area (Å²) in [6.07, 6.45) is -0.216. The van der Waals surface area contributed by atoms with Crippen molar-refractivity contribution in [3.8, 4) is 0 Å². The van der Waals surface area contributed by atoms with E-state index in [0.29, 0.717) is 24.7 Å². The van der Waals surface area contributed by atoms with E-state index in [1.165, 1.54) is 7.11 Å². The number of nitrogens with two attached hydrogens (primary N) is 1. The molecule has 0 aliphatic carbocycles. The number of ether oxygens (including phenoxy) is 2. The van der Waals surface area contributed by atoms with Crippen LogP contribution in [0, 0.1) is 5.41 Å². The Kier molecular flexibility index (Phi) is 4.85. The summed E-state index contributed by atoms with van der Waals surface area (Å²) in [6.45, 7) is 6.34. The second kappa shape index (κ2) is 5.75. The molecule has 6 heteroatoms. The van der Waals surface area contributed by atoms with Gasteiger partial charge >= 0.3 is 5.97 Å². The van der Waals surface area contributed by atoms with E-state index < -0.39 is 5.41 Å². The van der Waals surface area contributed by atoms with E-state index >= 15 is 0 Å². The van der Waals surface area contributed by atoms with Crippen molar-refractivity contribution in [1.29, 1.82) is 0 Å². The molecule has 1 unspecified atom stereocenters. The summed E-state index contributed by atoms with van der Waals surface area (Å²) in [5.74, 6) is -0.212. The lowest BCUT2D eigenvalue weighted by Gasteiger charge is -2.36. The Morgan fingerprint density at radius 1 is 1.65 bits per heavy atom. The summed E-state index contributed by atoms with van der Waals surface area (Å²) in [5.41, 5.74) is 5.03. The third-order valence-corrected chi connectivity index (χ3v) is 3.09. The molecule has 1 aliphatic heterocycles. The summed E-state index contributed by atoms with van der Waals surface area (Å²) in [6, 6.07) is 0. The fourth-order valence-electron chi connectivity index (χ4n) is 1.92. The summed E-state index contributed by atoms with van der Waals surface area (Å²) < 4.78 is 10.2. The van der Waals surface area contributed by atoms with Crippen LogP contribution in [0.15, 0.2) is 0 Å². The van der Waals surface area contributed by atoms with Gasteiger partial charge in [-0.3, -0.25) is 9.69 Å². The van der Waals surface area contributed by atoms with Crippen molar-refractivity contribution in [3.05, 3.63) is 0 Å². The molecule has 1 fully saturated rings. The summed E-state index contributed by atoms with van der Waals surface area (Å²) in [5, 5.41) is 0. The van der Waals surface area contributed by atoms with Gasteiger partial charge in [0.2, 0.25) is 0 Å². The predicted octanol–water partition coefficient (Wildman–Crippen LogP) is 0.173. The largest absolute Gasteiger partial charge is 0.469 e. The summed E-state index contributed by atoms with van der Waals surface area (Å²) in [4.78, 5) is 14.1. The number of nitrogens with zero attached hydrogens (tertiary/aromatic N) is 1. The summed E-state index contributed by atoms with van der Waals surface area (Å²) in [7, 11) is 1.40. The molecule has 0 aromatic carbocycles. The molecule has 1 rings (SSSR count). The van der Waals surface area contributed by atoms with E-state index in [-0.39, 0.29) is 12.1 Å². The van der Waals surface area contributed by atoms with Gasteiger partial charge in [0.25, 0.3) is 0 Å². The topological polar surface area (TPSA) is 64.8 Å². The zero-order valence-corrected chi connectivity index (χ0v) is 11.4. The molecular formula is C11H20N2O3S. The second-order valence-electron chi connectivity index (χ2n) is 4.87. The van der Waals surface area contributed by atoms with E-state index in [2.05, 4.69) is 4.90 Å². The quantitative estimate of drug-likeness (QED) is 0.574. The van der Waals surface area contributed by atoms with Crippen LogP contribution in [0.2, 0.25) is 0 Å². The maximum atomic E-state index is 11.6. The minimum atomic E-state index is -0.535. The molecule has 1 aliphatic rings. The van der Waals surface area contributed by atoms with Gasteiger partial charge in [0.15, 0.2) is 0 Å². The monoisotopic (exact) mass is 260 g/mol. The SMILES string of the molecule is COC(=O)C(C)(C)CN1CCOC(C(N)=S)C1. The van der Waals surface area contributed by atoms with Gasteiger partial charge in [0.1, 0.15) is 11.1 Å². The van der Waals surface area contributed by atoms with Crippen LogP contribution in [-0.2, 0) is 14.3 Å². The zero-order chi connectivity index (χ0) is 13.1. The van der Waals surface area contributed by atoms with E-state index in [1.54, 1.807) is 0 Å². The molecule has 1 saturated heterocycles. The van der Waals surface area contributed by atoms with Crippen LogP contribution in [0.3, 0.4) is 0 Å². The number of carbonyl (C=O) groups is 1. The number of rotatable bonds is 4. The smallest absolute Gasteiger partial charge is 0.312 e. The Morgan fingerprint density at radius 2 is 2.29 bits per heavy atom. The molecule has 0 amide bonds. The van der Waals surface area contributed by atoms with Gasteiger partial charge in [0.05, 0.1) is 19.1 Å². The molecule has 1 atom stereocenters. The highest BCUT2D eigenvalue weighted by Crippen LogP contribution is 2.20. The lowest BCUT2D eigenvalue weighted by molar-refractivity contribution is -0.152. The Balaban J connectivity index is 2.56. The van der Waals surface area contributed by atoms with Crippen LogP contribution in [0.4, 0.5) is 0 Å². The van der Waals surface area contributed by atoms with Crippen LogP contribution in [0.25, 0.3) is 0 Å². The third-order valence-electron chi connectivity index (χ3n) is 2.82. The fourth-order valence-corrected chi connectivity index (χ4v) is 2.06. The normalized spacial score (nSPS) is 22.2. The van der Waals surface area contributed by atoms with Crippen LogP contribution >= 0.6 is 12.2 Å². The molecule has 0 bridgehead atoms. The van der Waals surface area contributed by atoms with Gasteiger partial charge in [0, 0.05) is 19.6 Å². The third kappa shape index (κ3) is 3.90. The van der Waals surface area contributed by atoms with Gasteiger partial charge < -0.3 is 15.2 Å². The first-order valence-corrected chi connectivity index (χ1v) is 5.99. The van der Waals surface area contributed by atoms with Crippen molar-refractivity contribution in [1.82, 2.24) is 4.90 Å². The number of methoxy groups -OCH3 is 1. The number of hydrogen-bond acceptors (Lipinski definition) is 5. The lowest BCUT2D eigenvalue weighted by Crippen LogP contribution is -2.51. The summed E-state index contributed by atoms with van der Waals surface area (Å²) >= 11 is 4.92. The van der Waals surface area contributed by atoms with Gasteiger partial charge in [-0.25, -0.2) is 0 Å². The lowest BCUT2D eigenvalue weighted by atomic mass is 9.92. The molecule has 2 N–H and O–H groups in total. The molecular weight excluding hydrogens is 240 g/mol. The van der Waals surface area contributed by atoms with Crippen LogP contribution < -0.4 is 5.73 Å². The molecule has 98 valence electrons. The second-order valence-corrected chi connectivity index (χ2v) is 5.34. The number of thiocarbonyl (C=S) groups is 1. The highest BCUT2D eigenvalue weighted by atomic mass is 32.1. The van der Waals surface area contributed by atoms with Crippen molar-refractivity contribution >= 4 is 23.2 Å². The molecule has 0 aromatic rings. The van der Waals surface area contributed by atoms with E-state index in [4.69, 9.17) is 27.4 Å². The van der Waals surface area contributed by atoms with Crippen molar-refractivity contribution in [2.45, 2.75) is 20.0 Å². The Hall–Kier alpha value is -0.720. The van der Waals surface area contributed by atoms with Crippen LogP contribution in [0.5, 0.6) is 0 Å². The van der Waals surface area contributed by atoms with E-state index in [0.717, 1.165) is 6.54 Å². The number of morpholine rings is 1. The fraction of sp³-hybridized carbons (Fsp3) is 0.818. The van der Waals surface area contributed by atoms with Crippen molar-refractivity contribution in [3.63, 3.8) is 0 Å². The number of carbonyl (C=O) groups excluding carboxylic acids is 1. The molecule has 5 nitrogen and oxygen atoms in total. The molecule has 0 aromatic heterocycles. The number of hydrogen-bond donors (Lipinski definition) is 1. The Bertz CT molecular complexity index is 307. The maximum absolute atomic E-state index is 11.6. The number of esters is 1. The molecule has 1 heterocycles. The van der Waals surface area contributed by atoms with Crippen LogP contribution in [-0.4, -0.2) is 55.3 Å². The van der Waals surface area contributed by atoms with E-state index in [1.807, 2.05) is 13.8 Å². The standard InChI is InChI=1S/C11H20N2O3S/c1-11(2,10(14)15-3)7-13-4-5-16-8(6-13)9(12)17/h8H,4-7H2,1-3H3,(H2,12,17). The van der Waals surface area contributed by atoms with Crippen LogP contribution in [0.1, 0.15) is 13.8 Å². The van der Waals surface area contributed by atoms with Gasteiger partial charge in [-0.05, 0) is 13.8 Å². The first kappa shape index (κ1) is 14.3. The zero-order valence-electron chi connectivity index (χ0n) is 10.6. The average molecular weight is 260 g/mol. The van der Waals surface area contributed by atoms with Gasteiger partial charge in [-0.2, -0.15) is 0 Å². The molecule has 0 radical (unpaired) electrons. The first-order chi connectivity index (χ1) is 7.86.